The summed E-state index contributed by atoms with van der Waals surface area (Å²) in [7, 11) is 0. The summed E-state index contributed by atoms with van der Waals surface area (Å²) in [5.74, 6) is -1.21. The summed E-state index contributed by atoms with van der Waals surface area (Å²) in [5.41, 5.74) is 0.521. The van der Waals surface area contributed by atoms with E-state index in [1.165, 1.54) is 18.2 Å². The zero-order valence-electron chi connectivity index (χ0n) is 13.5. The van der Waals surface area contributed by atoms with Gasteiger partial charge in [0.2, 0.25) is 6.79 Å². The van der Waals surface area contributed by atoms with Crippen molar-refractivity contribution in [2.45, 2.75) is 0 Å². The predicted molar refractivity (Wildman–Crippen MR) is 86.6 cm³/mol. The predicted octanol–water partition coefficient (Wildman–Crippen LogP) is 1.71. The third kappa shape index (κ3) is 4.15. The highest BCUT2D eigenvalue weighted by Crippen LogP contribution is 2.32. The fourth-order valence-electron chi connectivity index (χ4n) is 2.21. The van der Waals surface area contributed by atoms with Gasteiger partial charge in [-0.25, -0.2) is 4.39 Å². The summed E-state index contributed by atoms with van der Waals surface area (Å²) in [6.45, 7) is -0.786. The van der Waals surface area contributed by atoms with E-state index < -0.39 is 36.6 Å². The number of nitrogens with one attached hydrogen (secondary N) is 1. The van der Waals surface area contributed by atoms with E-state index in [2.05, 4.69) is 5.32 Å². The molecule has 0 bridgehead atoms. The quantitative estimate of drug-likeness (QED) is 0.624. The fraction of sp³-hybridized carbons (Fsp3) is 0.167. The van der Waals surface area contributed by atoms with Crippen LogP contribution in [0, 0.1) is 5.82 Å². The summed E-state index contributed by atoms with van der Waals surface area (Å²) in [4.78, 5) is 35.5. The molecule has 134 valence electrons. The van der Waals surface area contributed by atoms with Gasteiger partial charge in [0.05, 0.1) is 0 Å². The minimum Gasteiger partial charge on any atom is -0.456 e. The molecular formula is C18H14FNO6. The Kier molecular flexibility index (Phi) is 5.12. The molecule has 26 heavy (non-hydrogen) atoms. The molecule has 0 saturated heterocycles. The lowest BCUT2D eigenvalue weighted by Gasteiger charge is -2.07. The lowest BCUT2D eigenvalue weighted by Crippen LogP contribution is -2.31. The lowest BCUT2D eigenvalue weighted by atomic mass is 10.1. The van der Waals surface area contributed by atoms with E-state index in [4.69, 9.17) is 14.2 Å². The molecule has 0 aromatic heterocycles. The van der Waals surface area contributed by atoms with E-state index in [1.807, 2.05) is 0 Å². The van der Waals surface area contributed by atoms with Crippen LogP contribution in [0.3, 0.4) is 0 Å². The van der Waals surface area contributed by atoms with Crippen LogP contribution in [0.1, 0.15) is 20.7 Å². The van der Waals surface area contributed by atoms with Crippen LogP contribution in [0.5, 0.6) is 11.5 Å². The van der Waals surface area contributed by atoms with Gasteiger partial charge in [-0.3, -0.25) is 14.4 Å². The Bertz CT molecular complexity index is 849. The molecule has 1 aliphatic heterocycles. The van der Waals surface area contributed by atoms with Gasteiger partial charge in [0.1, 0.15) is 12.4 Å². The maximum absolute atomic E-state index is 12.8. The molecule has 2 aromatic carbocycles. The summed E-state index contributed by atoms with van der Waals surface area (Å²) < 4.78 is 28.0. The Morgan fingerprint density at radius 3 is 2.46 bits per heavy atom. The number of rotatable bonds is 6. The van der Waals surface area contributed by atoms with E-state index in [1.54, 1.807) is 12.1 Å². The average molecular weight is 359 g/mol. The number of ether oxygens (including phenoxy) is 3. The van der Waals surface area contributed by atoms with Gasteiger partial charge in [0.15, 0.2) is 23.9 Å². The van der Waals surface area contributed by atoms with Crippen LogP contribution in [-0.2, 0) is 9.53 Å². The highest BCUT2D eigenvalue weighted by Gasteiger charge is 2.17. The van der Waals surface area contributed by atoms with Crippen molar-refractivity contribution in [1.29, 1.82) is 0 Å². The number of ketones is 1. The van der Waals surface area contributed by atoms with Gasteiger partial charge >= 0.3 is 5.97 Å². The second kappa shape index (κ2) is 7.64. The molecule has 1 aliphatic rings. The molecule has 1 amide bonds. The molecule has 0 spiro atoms. The molecule has 7 nitrogen and oxygen atoms in total. The van der Waals surface area contributed by atoms with Crippen molar-refractivity contribution in [3.8, 4) is 11.5 Å². The molecule has 0 unspecified atom stereocenters. The number of carbonyl (C=O) groups excluding carboxylic acids is 3. The molecule has 8 heteroatoms. The Balaban J connectivity index is 1.45. The van der Waals surface area contributed by atoms with Gasteiger partial charge in [-0.2, -0.15) is 0 Å². The lowest BCUT2D eigenvalue weighted by molar-refractivity contribution is -0.141. The van der Waals surface area contributed by atoms with E-state index in [0.717, 1.165) is 12.1 Å². The van der Waals surface area contributed by atoms with E-state index in [-0.39, 0.29) is 12.4 Å². The van der Waals surface area contributed by atoms with Crippen LogP contribution in [0.25, 0.3) is 0 Å². The van der Waals surface area contributed by atoms with Crippen molar-refractivity contribution in [1.82, 2.24) is 5.32 Å². The second-order valence-corrected chi connectivity index (χ2v) is 5.34. The Labute approximate surface area is 147 Å². The molecular weight excluding hydrogens is 345 g/mol. The molecule has 0 radical (unpaired) electrons. The molecule has 1 N–H and O–H groups in total. The first-order valence-electron chi connectivity index (χ1n) is 7.65. The minimum atomic E-state index is -0.769. The first-order valence-corrected chi connectivity index (χ1v) is 7.65. The van der Waals surface area contributed by atoms with Crippen LogP contribution in [0.15, 0.2) is 42.5 Å². The average Bonchev–Trinajstić information content (AvgIpc) is 3.12. The summed E-state index contributed by atoms with van der Waals surface area (Å²) >= 11 is 0. The third-order valence-corrected chi connectivity index (χ3v) is 3.56. The van der Waals surface area contributed by atoms with Crippen LogP contribution < -0.4 is 14.8 Å². The second-order valence-electron chi connectivity index (χ2n) is 5.34. The van der Waals surface area contributed by atoms with Crippen molar-refractivity contribution in [2.75, 3.05) is 19.9 Å². The molecule has 0 fully saturated rings. The van der Waals surface area contributed by atoms with Crippen molar-refractivity contribution < 1.29 is 33.0 Å². The number of halogens is 1. The third-order valence-electron chi connectivity index (χ3n) is 3.56. The molecule has 3 rings (SSSR count). The van der Waals surface area contributed by atoms with Crippen LogP contribution in [0.2, 0.25) is 0 Å². The SMILES string of the molecule is O=C(CNC(=O)c1ccc(F)cc1)OCC(=O)c1ccc2c(c1)OCO2. The van der Waals surface area contributed by atoms with Crippen LogP contribution >= 0.6 is 0 Å². The zero-order valence-corrected chi connectivity index (χ0v) is 13.5. The largest absolute Gasteiger partial charge is 0.456 e. The molecule has 2 aromatic rings. The number of esters is 1. The number of hydrogen-bond donors (Lipinski definition) is 1. The first kappa shape index (κ1) is 17.4. The van der Waals surface area contributed by atoms with Gasteiger partial charge in [-0.05, 0) is 42.5 Å². The molecule has 0 atom stereocenters. The number of carbonyl (C=O) groups is 3. The van der Waals surface area contributed by atoms with Gasteiger partial charge in [0, 0.05) is 11.1 Å². The van der Waals surface area contributed by atoms with Crippen molar-refractivity contribution >= 4 is 17.7 Å². The van der Waals surface area contributed by atoms with Crippen molar-refractivity contribution in [2.24, 2.45) is 0 Å². The number of hydrogen-bond acceptors (Lipinski definition) is 6. The zero-order chi connectivity index (χ0) is 18.5. The minimum absolute atomic E-state index is 0.0930. The topological polar surface area (TPSA) is 90.9 Å². The summed E-state index contributed by atoms with van der Waals surface area (Å²) in [6.07, 6.45) is 0. The van der Waals surface area contributed by atoms with Crippen LogP contribution in [0.4, 0.5) is 4.39 Å². The van der Waals surface area contributed by atoms with Gasteiger partial charge in [-0.1, -0.05) is 0 Å². The van der Waals surface area contributed by atoms with E-state index >= 15 is 0 Å². The standard InChI is InChI=1S/C18H14FNO6/c19-13-4-1-11(2-5-13)18(23)20-8-17(22)24-9-14(21)12-3-6-15-16(7-12)26-10-25-15/h1-7H,8-10H2,(H,20,23). The molecule has 0 aliphatic carbocycles. The Morgan fingerprint density at radius 2 is 1.69 bits per heavy atom. The molecule has 1 heterocycles. The monoisotopic (exact) mass is 359 g/mol. The molecule has 0 saturated carbocycles. The highest BCUT2D eigenvalue weighted by molar-refractivity contribution is 5.99. The number of benzene rings is 2. The Hall–Kier alpha value is -3.42. The number of amides is 1. The van der Waals surface area contributed by atoms with Crippen molar-refractivity contribution in [3.05, 3.63) is 59.4 Å². The van der Waals surface area contributed by atoms with Gasteiger partial charge in [0.25, 0.3) is 5.91 Å². The van der Waals surface area contributed by atoms with Crippen molar-refractivity contribution in [3.63, 3.8) is 0 Å². The smallest absolute Gasteiger partial charge is 0.325 e. The fourth-order valence-corrected chi connectivity index (χ4v) is 2.21. The number of Topliss-reactive ketones (excluding diaryl/α,β-unsaturated/α-hetero) is 1. The van der Waals surface area contributed by atoms with Gasteiger partial charge < -0.3 is 19.5 Å². The summed E-state index contributed by atoms with van der Waals surface area (Å²) in [6, 6.07) is 9.50. The summed E-state index contributed by atoms with van der Waals surface area (Å²) in [5, 5.41) is 2.33. The van der Waals surface area contributed by atoms with E-state index in [9.17, 15) is 18.8 Å². The van der Waals surface area contributed by atoms with Crippen LogP contribution in [-0.4, -0.2) is 37.6 Å². The van der Waals surface area contributed by atoms with E-state index in [0.29, 0.717) is 17.1 Å². The Morgan fingerprint density at radius 1 is 1.00 bits per heavy atom. The maximum atomic E-state index is 12.8. The van der Waals surface area contributed by atoms with Gasteiger partial charge in [-0.15, -0.1) is 0 Å². The first-order chi connectivity index (χ1) is 12.5. The highest BCUT2D eigenvalue weighted by atomic mass is 19.1. The normalized spacial score (nSPS) is 11.7. The number of fused-ring (bicyclic) bond motifs is 1. The maximum Gasteiger partial charge on any atom is 0.325 e.